The highest BCUT2D eigenvalue weighted by Crippen LogP contribution is 2.41. The van der Waals surface area contributed by atoms with Gasteiger partial charge in [-0.25, -0.2) is 0 Å². The van der Waals surface area contributed by atoms with E-state index in [1.165, 1.54) is 27.7 Å². The lowest BCUT2D eigenvalue weighted by Crippen LogP contribution is -2.41. The van der Waals surface area contributed by atoms with Crippen LogP contribution in [0.3, 0.4) is 0 Å². The number of hydrogen-bond donors (Lipinski definition) is 1. The molecule has 28 heavy (non-hydrogen) atoms. The Morgan fingerprint density at radius 3 is 2.68 bits per heavy atom. The van der Waals surface area contributed by atoms with Gasteiger partial charge >= 0.3 is 0 Å². The van der Waals surface area contributed by atoms with E-state index in [-0.39, 0.29) is 11.6 Å². The van der Waals surface area contributed by atoms with Gasteiger partial charge in [0.25, 0.3) is 0 Å². The van der Waals surface area contributed by atoms with Crippen LogP contribution in [-0.4, -0.2) is 30.6 Å². The van der Waals surface area contributed by atoms with Crippen LogP contribution < -0.4 is 0 Å². The minimum atomic E-state index is 0.0251. The van der Waals surface area contributed by atoms with Gasteiger partial charge in [0.05, 0.1) is 12.7 Å². The SMILES string of the molecule is CCC(CCC1OCCc2c1[nH]c1ccc(Br)cc21)(c1ccccc1)N(C)C. The third-order valence-corrected chi connectivity index (χ3v) is 6.96. The Hall–Kier alpha value is -1.62. The van der Waals surface area contributed by atoms with Gasteiger partial charge in [-0.3, -0.25) is 4.90 Å². The van der Waals surface area contributed by atoms with Crippen LogP contribution in [-0.2, 0) is 16.7 Å². The van der Waals surface area contributed by atoms with Gasteiger partial charge < -0.3 is 9.72 Å². The molecule has 3 nitrogen and oxygen atoms in total. The second-order valence-electron chi connectivity index (χ2n) is 8.00. The molecule has 1 aliphatic rings. The Bertz CT molecular complexity index is 950. The molecule has 1 aliphatic heterocycles. The van der Waals surface area contributed by atoms with Crippen LogP contribution in [0.5, 0.6) is 0 Å². The quantitative estimate of drug-likeness (QED) is 0.494. The second kappa shape index (κ2) is 8.02. The number of rotatable bonds is 6. The summed E-state index contributed by atoms with van der Waals surface area (Å²) in [5, 5.41) is 1.33. The van der Waals surface area contributed by atoms with E-state index < -0.39 is 0 Å². The number of H-pyrrole nitrogens is 1. The number of aromatic amines is 1. The van der Waals surface area contributed by atoms with Crippen LogP contribution in [0, 0.1) is 0 Å². The first-order valence-corrected chi connectivity index (χ1v) is 11.0. The largest absolute Gasteiger partial charge is 0.372 e. The molecule has 2 unspecified atom stereocenters. The molecule has 0 saturated heterocycles. The lowest BCUT2D eigenvalue weighted by Gasteiger charge is -2.41. The molecule has 3 aromatic rings. The Labute approximate surface area is 176 Å². The maximum absolute atomic E-state index is 6.26. The number of aromatic nitrogens is 1. The van der Waals surface area contributed by atoms with Crippen LogP contribution in [0.1, 0.15) is 49.1 Å². The summed E-state index contributed by atoms with van der Waals surface area (Å²) in [5.74, 6) is 0. The maximum Gasteiger partial charge on any atom is 0.0976 e. The molecule has 148 valence electrons. The number of nitrogens with zero attached hydrogens (tertiary/aromatic N) is 1. The fourth-order valence-electron chi connectivity index (χ4n) is 4.84. The molecule has 4 rings (SSSR count). The minimum Gasteiger partial charge on any atom is -0.372 e. The van der Waals surface area contributed by atoms with E-state index in [2.05, 4.69) is 95.4 Å². The molecule has 0 saturated carbocycles. The summed E-state index contributed by atoms with van der Waals surface area (Å²) < 4.78 is 7.39. The summed E-state index contributed by atoms with van der Waals surface area (Å²) in [4.78, 5) is 6.04. The topological polar surface area (TPSA) is 28.3 Å². The fraction of sp³-hybridized carbons (Fsp3) is 0.417. The number of hydrogen-bond acceptors (Lipinski definition) is 2. The van der Waals surface area contributed by atoms with E-state index in [0.29, 0.717) is 0 Å². The van der Waals surface area contributed by atoms with E-state index in [0.717, 1.165) is 36.8 Å². The summed E-state index contributed by atoms with van der Waals surface area (Å²) in [5.41, 5.74) is 5.33. The summed E-state index contributed by atoms with van der Waals surface area (Å²) >= 11 is 3.62. The smallest absolute Gasteiger partial charge is 0.0976 e. The number of benzene rings is 2. The lowest BCUT2D eigenvalue weighted by atomic mass is 9.80. The molecule has 0 fully saturated rings. The molecule has 4 heteroatoms. The summed E-state index contributed by atoms with van der Waals surface area (Å²) in [6.45, 7) is 3.09. The van der Waals surface area contributed by atoms with Gasteiger partial charge in [-0.2, -0.15) is 0 Å². The van der Waals surface area contributed by atoms with Crippen molar-refractivity contribution in [3.8, 4) is 0 Å². The van der Waals surface area contributed by atoms with Crippen molar-refractivity contribution in [2.75, 3.05) is 20.7 Å². The first-order chi connectivity index (χ1) is 13.5. The van der Waals surface area contributed by atoms with Crippen molar-refractivity contribution in [2.24, 2.45) is 0 Å². The molecule has 2 atom stereocenters. The van der Waals surface area contributed by atoms with E-state index in [1.807, 2.05) is 0 Å². The molecular formula is C24H29BrN2O. The second-order valence-corrected chi connectivity index (χ2v) is 8.92. The molecule has 0 spiro atoms. The van der Waals surface area contributed by atoms with Crippen molar-refractivity contribution in [2.45, 2.75) is 44.2 Å². The predicted octanol–water partition coefficient (Wildman–Crippen LogP) is 6.19. The van der Waals surface area contributed by atoms with Gasteiger partial charge in [-0.15, -0.1) is 0 Å². The summed E-state index contributed by atoms with van der Waals surface area (Å²) in [7, 11) is 4.40. The number of fused-ring (bicyclic) bond motifs is 3. The maximum atomic E-state index is 6.26. The average molecular weight is 441 g/mol. The Balaban J connectivity index is 1.64. The van der Waals surface area contributed by atoms with Crippen molar-refractivity contribution < 1.29 is 4.74 Å². The first kappa shape index (κ1) is 19.7. The van der Waals surface area contributed by atoms with Crippen molar-refractivity contribution in [1.82, 2.24) is 9.88 Å². The van der Waals surface area contributed by atoms with Crippen LogP contribution >= 0.6 is 15.9 Å². The first-order valence-electron chi connectivity index (χ1n) is 10.2. The summed E-state index contributed by atoms with van der Waals surface area (Å²) in [6.07, 6.45) is 4.24. The zero-order valence-electron chi connectivity index (χ0n) is 17.0. The third kappa shape index (κ3) is 3.42. The third-order valence-electron chi connectivity index (χ3n) is 6.47. The van der Waals surface area contributed by atoms with E-state index in [1.54, 1.807) is 0 Å². The van der Waals surface area contributed by atoms with Gasteiger partial charge in [0.1, 0.15) is 0 Å². The molecule has 2 aromatic carbocycles. The van der Waals surface area contributed by atoms with Gasteiger partial charge in [0.2, 0.25) is 0 Å². The van der Waals surface area contributed by atoms with Gasteiger partial charge in [0.15, 0.2) is 0 Å². The standard InChI is InChI=1S/C24H29BrN2O/c1-4-24(27(2)3,17-8-6-5-7-9-17)14-12-22-23-19(13-15-28-22)20-16-18(25)10-11-21(20)26-23/h5-11,16,22,26H,4,12-15H2,1-3H3. The highest BCUT2D eigenvalue weighted by atomic mass is 79.9. The molecule has 1 aromatic heterocycles. The van der Waals surface area contributed by atoms with Crippen molar-refractivity contribution in [3.63, 3.8) is 0 Å². The molecule has 1 N–H and O–H groups in total. The molecule has 0 radical (unpaired) electrons. The number of ether oxygens (including phenoxy) is 1. The fourth-order valence-corrected chi connectivity index (χ4v) is 5.20. The van der Waals surface area contributed by atoms with Crippen LogP contribution in [0.4, 0.5) is 0 Å². The molecule has 2 heterocycles. The van der Waals surface area contributed by atoms with Gasteiger partial charge in [-0.05, 0) is 69.1 Å². The highest BCUT2D eigenvalue weighted by molar-refractivity contribution is 9.10. The van der Waals surface area contributed by atoms with Gasteiger partial charge in [0, 0.05) is 26.6 Å². The normalized spacial score (nSPS) is 19.0. The van der Waals surface area contributed by atoms with E-state index >= 15 is 0 Å². The van der Waals surface area contributed by atoms with Gasteiger partial charge in [-0.1, -0.05) is 53.2 Å². The Morgan fingerprint density at radius 2 is 1.96 bits per heavy atom. The highest BCUT2D eigenvalue weighted by Gasteiger charge is 2.35. The van der Waals surface area contributed by atoms with Crippen molar-refractivity contribution in [3.05, 3.63) is 69.8 Å². The zero-order valence-corrected chi connectivity index (χ0v) is 18.6. The minimum absolute atomic E-state index is 0.0251. The Morgan fingerprint density at radius 1 is 1.18 bits per heavy atom. The molecule has 0 bridgehead atoms. The van der Waals surface area contributed by atoms with Crippen molar-refractivity contribution >= 4 is 26.8 Å². The number of nitrogens with one attached hydrogen (secondary N) is 1. The van der Waals surface area contributed by atoms with Crippen LogP contribution in [0.2, 0.25) is 0 Å². The molecule has 0 amide bonds. The Kier molecular flexibility index (Phi) is 5.64. The van der Waals surface area contributed by atoms with E-state index in [9.17, 15) is 0 Å². The number of halogens is 1. The predicted molar refractivity (Wildman–Crippen MR) is 120 cm³/mol. The lowest BCUT2D eigenvalue weighted by molar-refractivity contribution is 0.0167. The molecule has 0 aliphatic carbocycles. The molecular weight excluding hydrogens is 412 g/mol. The van der Waals surface area contributed by atoms with E-state index in [4.69, 9.17) is 4.74 Å². The average Bonchev–Trinajstić information content (AvgIpc) is 3.08. The van der Waals surface area contributed by atoms with Crippen molar-refractivity contribution in [1.29, 1.82) is 0 Å². The van der Waals surface area contributed by atoms with Crippen LogP contribution in [0.25, 0.3) is 10.9 Å². The van der Waals surface area contributed by atoms with Crippen LogP contribution in [0.15, 0.2) is 53.0 Å². The monoisotopic (exact) mass is 440 g/mol. The zero-order chi connectivity index (χ0) is 19.7. The summed E-state index contributed by atoms with van der Waals surface area (Å²) in [6, 6.07) is 17.4.